The summed E-state index contributed by atoms with van der Waals surface area (Å²) in [5.74, 6) is 0.776. The Morgan fingerprint density at radius 3 is 2.14 bits per heavy atom. The summed E-state index contributed by atoms with van der Waals surface area (Å²) >= 11 is 0. The van der Waals surface area contributed by atoms with Gasteiger partial charge in [0.15, 0.2) is 0 Å². The SMILES string of the molecule is C=CCN(CC=C)C(=O)/C=C/c1c(C)cc(OC)cc1C. The molecule has 3 nitrogen and oxygen atoms in total. The van der Waals surface area contributed by atoms with Crippen molar-refractivity contribution in [3.8, 4) is 5.75 Å². The third-order valence-corrected chi connectivity index (χ3v) is 3.21. The smallest absolute Gasteiger partial charge is 0.247 e. The first-order valence-corrected chi connectivity index (χ1v) is 6.87. The summed E-state index contributed by atoms with van der Waals surface area (Å²) in [6.45, 7) is 12.4. The monoisotopic (exact) mass is 285 g/mol. The Morgan fingerprint density at radius 2 is 1.71 bits per heavy atom. The van der Waals surface area contributed by atoms with Crippen molar-refractivity contribution in [3.63, 3.8) is 0 Å². The van der Waals surface area contributed by atoms with Crippen LogP contribution in [0.2, 0.25) is 0 Å². The van der Waals surface area contributed by atoms with E-state index in [2.05, 4.69) is 13.2 Å². The molecule has 0 N–H and O–H groups in total. The van der Waals surface area contributed by atoms with Crippen LogP contribution in [0.3, 0.4) is 0 Å². The number of hydrogen-bond donors (Lipinski definition) is 0. The van der Waals surface area contributed by atoms with Crippen molar-refractivity contribution < 1.29 is 9.53 Å². The first-order chi connectivity index (χ1) is 10.0. The number of ether oxygens (including phenoxy) is 1. The first kappa shape index (κ1) is 16.8. The molecular formula is C18H23NO2. The summed E-state index contributed by atoms with van der Waals surface area (Å²) in [5, 5.41) is 0. The molecular weight excluding hydrogens is 262 g/mol. The van der Waals surface area contributed by atoms with Gasteiger partial charge in [-0.15, -0.1) is 13.2 Å². The molecule has 1 aromatic carbocycles. The molecule has 3 heteroatoms. The van der Waals surface area contributed by atoms with Gasteiger partial charge in [-0.1, -0.05) is 12.2 Å². The fraction of sp³-hybridized carbons (Fsp3) is 0.278. The summed E-state index contributed by atoms with van der Waals surface area (Å²) in [6.07, 6.45) is 6.86. The molecule has 0 saturated heterocycles. The van der Waals surface area contributed by atoms with Crippen LogP contribution in [-0.2, 0) is 4.79 Å². The van der Waals surface area contributed by atoms with E-state index in [0.717, 1.165) is 22.4 Å². The van der Waals surface area contributed by atoms with Gasteiger partial charge in [-0.3, -0.25) is 4.79 Å². The highest BCUT2D eigenvalue weighted by molar-refractivity contribution is 5.92. The van der Waals surface area contributed by atoms with Crippen LogP contribution >= 0.6 is 0 Å². The molecule has 0 aliphatic heterocycles. The highest BCUT2D eigenvalue weighted by atomic mass is 16.5. The Morgan fingerprint density at radius 1 is 1.19 bits per heavy atom. The lowest BCUT2D eigenvalue weighted by Gasteiger charge is -2.17. The molecule has 0 fully saturated rings. The van der Waals surface area contributed by atoms with Crippen molar-refractivity contribution in [2.75, 3.05) is 20.2 Å². The lowest BCUT2D eigenvalue weighted by atomic mass is 10.0. The van der Waals surface area contributed by atoms with Gasteiger partial charge in [0.2, 0.25) is 5.91 Å². The molecule has 1 rings (SSSR count). The molecule has 0 aromatic heterocycles. The minimum absolute atomic E-state index is 0.0515. The molecule has 0 heterocycles. The molecule has 0 radical (unpaired) electrons. The van der Waals surface area contributed by atoms with E-state index >= 15 is 0 Å². The third-order valence-electron chi connectivity index (χ3n) is 3.21. The summed E-state index contributed by atoms with van der Waals surface area (Å²) < 4.78 is 5.24. The molecule has 0 spiro atoms. The third kappa shape index (κ3) is 4.63. The number of benzene rings is 1. The number of amides is 1. The van der Waals surface area contributed by atoms with Crippen LogP contribution in [0.4, 0.5) is 0 Å². The van der Waals surface area contributed by atoms with Crippen molar-refractivity contribution in [2.45, 2.75) is 13.8 Å². The van der Waals surface area contributed by atoms with Gasteiger partial charge in [0.1, 0.15) is 5.75 Å². The number of rotatable bonds is 7. The minimum atomic E-state index is -0.0515. The normalized spacial score (nSPS) is 10.4. The van der Waals surface area contributed by atoms with Crippen LogP contribution in [0.25, 0.3) is 6.08 Å². The van der Waals surface area contributed by atoms with Crippen molar-refractivity contribution in [3.05, 3.63) is 60.2 Å². The van der Waals surface area contributed by atoms with Crippen LogP contribution in [0.5, 0.6) is 5.75 Å². The van der Waals surface area contributed by atoms with Gasteiger partial charge in [-0.2, -0.15) is 0 Å². The highest BCUT2D eigenvalue weighted by Gasteiger charge is 2.08. The van der Waals surface area contributed by atoms with Crippen molar-refractivity contribution >= 4 is 12.0 Å². The zero-order valence-electron chi connectivity index (χ0n) is 13.1. The molecule has 0 saturated carbocycles. The number of hydrogen-bond acceptors (Lipinski definition) is 2. The van der Waals surface area contributed by atoms with E-state index < -0.39 is 0 Å². The summed E-state index contributed by atoms with van der Waals surface area (Å²) in [6, 6.07) is 3.92. The fourth-order valence-corrected chi connectivity index (χ4v) is 2.14. The van der Waals surface area contributed by atoms with Crippen LogP contribution < -0.4 is 4.74 Å². The summed E-state index contributed by atoms with van der Waals surface area (Å²) in [4.78, 5) is 13.8. The first-order valence-electron chi connectivity index (χ1n) is 6.87. The number of aryl methyl sites for hydroxylation is 2. The van der Waals surface area contributed by atoms with Crippen molar-refractivity contribution in [1.82, 2.24) is 4.90 Å². The zero-order valence-corrected chi connectivity index (χ0v) is 13.1. The lowest BCUT2D eigenvalue weighted by Crippen LogP contribution is -2.29. The van der Waals surface area contributed by atoms with Gasteiger partial charge in [0, 0.05) is 19.2 Å². The lowest BCUT2D eigenvalue weighted by molar-refractivity contribution is -0.124. The van der Waals surface area contributed by atoms with Crippen LogP contribution in [-0.4, -0.2) is 31.0 Å². The zero-order chi connectivity index (χ0) is 15.8. The van der Waals surface area contributed by atoms with E-state index in [-0.39, 0.29) is 5.91 Å². The Labute approximate surface area is 127 Å². The number of nitrogens with zero attached hydrogens (tertiary/aromatic N) is 1. The van der Waals surface area contributed by atoms with Crippen LogP contribution in [0.1, 0.15) is 16.7 Å². The van der Waals surface area contributed by atoms with E-state index in [1.54, 1.807) is 30.2 Å². The van der Waals surface area contributed by atoms with Crippen LogP contribution in [0.15, 0.2) is 43.5 Å². The van der Waals surface area contributed by atoms with E-state index in [1.807, 2.05) is 32.1 Å². The molecule has 1 aromatic rings. The predicted octanol–water partition coefficient (Wildman–Crippen LogP) is 3.53. The average Bonchev–Trinajstić information content (AvgIpc) is 2.45. The summed E-state index contributed by atoms with van der Waals surface area (Å²) in [5.41, 5.74) is 3.20. The van der Waals surface area contributed by atoms with Gasteiger partial charge in [-0.05, 0) is 48.7 Å². The van der Waals surface area contributed by atoms with Gasteiger partial charge < -0.3 is 9.64 Å². The quantitative estimate of drug-likeness (QED) is 0.566. The van der Waals surface area contributed by atoms with Crippen molar-refractivity contribution in [2.24, 2.45) is 0 Å². The van der Waals surface area contributed by atoms with Gasteiger partial charge >= 0.3 is 0 Å². The van der Waals surface area contributed by atoms with E-state index in [1.165, 1.54) is 0 Å². The molecule has 0 aliphatic rings. The maximum atomic E-state index is 12.2. The Bertz CT molecular complexity index is 525. The maximum absolute atomic E-state index is 12.2. The van der Waals surface area contributed by atoms with E-state index in [0.29, 0.717) is 13.1 Å². The minimum Gasteiger partial charge on any atom is -0.497 e. The molecule has 0 bridgehead atoms. The largest absolute Gasteiger partial charge is 0.497 e. The van der Waals surface area contributed by atoms with Gasteiger partial charge in [0.25, 0.3) is 0 Å². The van der Waals surface area contributed by atoms with Crippen LogP contribution in [0, 0.1) is 13.8 Å². The second-order valence-electron chi connectivity index (χ2n) is 4.83. The fourth-order valence-electron chi connectivity index (χ4n) is 2.14. The van der Waals surface area contributed by atoms with Gasteiger partial charge in [-0.25, -0.2) is 0 Å². The molecule has 0 unspecified atom stereocenters. The average molecular weight is 285 g/mol. The second-order valence-corrected chi connectivity index (χ2v) is 4.83. The Kier molecular flexibility index (Phi) is 6.47. The molecule has 21 heavy (non-hydrogen) atoms. The summed E-state index contributed by atoms with van der Waals surface area (Å²) in [7, 11) is 1.65. The number of methoxy groups -OCH3 is 1. The maximum Gasteiger partial charge on any atom is 0.247 e. The van der Waals surface area contributed by atoms with Crippen molar-refractivity contribution in [1.29, 1.82) is 0 Å². The van der Waals surface area contributed by atoms with Gasteiger partial charge in [0.05, 0.1) is 7.11 Å². The topological polar surface area (TPSA) is 29.5 Å². The Hall–Kier alpha value is -2.29. The second kappa shape index (κ2) is 8.10. The highest BCUT2D eigenvalue weighted by Crippen LogP contribution is 2.22. The standard InChI is InChI=1S/C18H23NO2/c1-6-10-19(11-7-2)18(20)9-8-17-14(3)12-16(21-5)13-15(17)4/h6-9,12-13H,1-2,10-11H2,3-5H3/b9-8+. The number of carbonyl (C=O) groups is 1. The molecule has 0 atom stereocenters. The predicted molar refractivity (Wildman–Crippen MR) is 88.5 cm³/mol. The van der Waals surface area contributed by atoms with E-state index in [9.17, 15) is 4.79 Å². The molecule has 1 amide bonds. The van der Waals surface area contributed by atoms with E-state index in [4.69, 9.17) is 4.74 Å². The molecule has 0 aliphatic carbocycles. The number of carbonyl (C=O) groups excluding carboxylic acids is 1. The molecule has 112 valence electrons. The Balaban J connectivity index is 2.96.